The SMILES string of the molecule is COc1cc([C@H](C)O)ccc1OCc1cc(Br)ccc1F. The maximum atomic E-state index is 13.7. The van der Waals surface area contributed by atoms with Gasteiger partial charge >= 0.3 is 0 Å². The van der Waals surface area contributed by atoms with Gasteiger partial charge in [-0.15, -0.1) is 0 Å². The Kier molecular flexibility index (Phi) is 5.20. The second-order valence-corrected chi connectivity index (χ2v) is 5.53. The van der Waals surface area contributed by atoms with Crippen molar-refractivity contribution in [3.05, 3.63) is 57.8 Å². The predicted molar refractivity (Wildman–Crippen MR) is 82.1 cm³/mol. The van der Waals surface area contributed by atoms with Crippen LogP contribution in [0, 0.1) is 5.82 Å². The van der Waals surface area contributed by atoms with Gasteiger partial charge in [-0.2, -0.15) is 0 Å². The molecule has 2 aromatic rings. The van der Waals surface area contributed by atoms with Gasteiger partial charge in [-0.1, -0.05) is 22.0 Å². The molecular weight excluding hydrogens is 339 g/mol. The number of hydrogen-bond donors (Lipinski definition) is 1. The van der Waals surface area contributed by atoms with Crippen LogP contribution in [0.5, 0.6) is 11.5 Å². The first-order valence-electron chi connectivity index (χ1n) is 6.44. The lowest BCUT2D eigenvalue weighted by molar-refractivity contribution is 0.198. The third kappa shape index (κ3) is 3.95. The van der Waals surface area contributed by atoms with Crippen LogP contribution in [0.3, 0.4) is 0 Å². The van der Waals surface area contributed by atoms with Crippen LogP contribution in [-0.2, 0) is 6.61 Å². The highest BCUT2D eigenvalue weighted by Crippen LogP contribution is 2.31. The summed E-state index contributed by atoms with van der Waals surface area (Å²) >= 11 is 3.30. The molecule has 21 heavy (non-hydrogen) atoms. The lowest BCUT2D eigenvalue weighted by Gasteiger charge is -2.13. The Balaban J connectivity index is 2.18. The molecule has 0 saturated carbocycles. The average molecular weight is 355 g/mol. The van der Waals surface area contributed by atoms with Crippen molar-refractivity contribution in [2.75, 3.05) is 7.11 Å². The molecule has 0 heterocycles. The number of hydrogen-bond acceptors (Lipinski definition) is 3. The molecule has 0 fully saturated rings. The van der Waals surface area contributed by atoms with Crippen LogP contribution in [0.15, 0.2) is 40.9 Å². The predicted octanol–water partition coefficient (Wildman–Crippen LogP) is 4.23. The fourth-order valence-electron chi connectivity index (χ4n) is 1.87. The molecule has 0 unspecified atom stereocenters. The average Bonchev–Trinajstić information content (AvgIpc) is 2.47. The van der Waals surface area contributed by atoms with Crippen molar-refractivity contribution in [3.63, 3.8) is 0 Å². The lowest BCUT2D eigenvalue weighted by atomic mass is 10.1. The van der Waals surface area contributed by atoms with Crippen LogP contribution in [0.2, 0.25) is 0 Å². The number of rotatable bonds is 5. The summed E-state index contributed by atoms with van der Waals surface area (Å²) in [5, 5.41) is 9.56. The Bertz CT molecular complexity index is 629. The molecule has 0 amide bonds. The van der Waals surface area contributed by atoms with Crippen molar-refractivity contribution in [1.29, 1.82) is 0 Å². The standard InChI is InChI=1S/C16H16BrFO3/c1-10(19)11-3-6-15(16(8-11)20-2)21-9-12-7-13(17)4-5-14(12)18/h3-8,10,19H,9H2,1-2H3/t10-/m0/s1. The van der Waals surface area contributed by atoms with Gasteiger partial charge in [0.1, 0.15) is 12.4 Å². The van der Waals surface area contributed by atoms with Gasteiger partial charge in [-0.3, -0.25) is 0 Å². The molecule has 0 spiro atoms. The van der Waals surface area contributed by atoms with Gasteiger partial charge in [-0.05, 0) is 42.8 Å². The molecular formula is C16H16BrFO3. The van der Waals surface area contributed by atoms with E-state index in [1.165, 1.54) is 13.2 Å². The molecule has 0 aromatic heterocycles. The molecule has 0 aliphatic carbocycles. The van der Waals surface area contributed by atoms with Crippen molar-refractivity contribution >= 4 is 15.9 Å². The van der Waals surface area contributed by atoms with E-state index in [2.05, 4.69) is 15.9 Å². The number of halogens is 2. The van der Waals surface area contributed by atoms with Gasteiger partial charge in [0.25, 0.3) is 0 Å². The summed E-state index contributed by atoms with van der Waals surface area (Å²) < 4.78 is 25.3. The molecule has 1 N–H and O–H groups in total. The monoisotopic (exact) mass is 354 g/mol. The van der Waals surface area contributed by atoms with E-state index in [-0.39, 0.29) is 12.4 Å². The highest BCUT2D eigenvalue weighted by Gasteiger charge is 2.10. The Morgan fingerprint density at radius 1 is 1.19 bits per heavy atom. The van der Waals surface area contributed by atoms with E-state index in [0.29, 0.717) is 17.1 Å². The van der Waals surface area contributed by atoms with Crippen LogP contribution in [0.1, 0.15) is 24.2 Å². The fourth-order valence-corrected chi connectivity index (χ4v) is 2.28. The summed E-state index contributed by atoms with van der Waals surface area (Å²) in [6, 6.07) is 9.85. The fraction of sp³-hybridized carbons (Fsp3) is 0.250. The third-order valence-electron chi connectivity index (χ3n) is 3.06. The van der Waals surface area contributed by atoms with Gasteiger partial charge in [0, 0.05) is 10.0 Å². The largest absolute Gasteiger partial charge is 0.493 e. The van der Waals surface area contributed by atoms with Crippen molar-refractivity contribution in [2.45, 2.75) is 19.6 Å². The van der Waals surface area contributed by atoms with Crippen LogP contribution in [0.4, 0.5) is 4.39 Å². The van der Waals surface area contributed by atoms with Crippen molar-refractivity contribution < 1.29 is 19.0 Å². The van der Waals surface area contributed by atoms with Crippen molar-refractivity contribution in [1.82, 2.24) is 0 Å². The molecule has 0 aliphatic rings. The number of aliphatic hydroxyl groups is 1. The number of aliphatic hydroxyl groups excluding tert-OH is 1. The van der Waals surface area contributed by atoms with E-state index in [1.54, 1.807) is 37.3 Å². The molecule has 0 saturated heterocycles. The third-order valence-corrected chi connectivity index (χ3v) is 3.55. The maximum absolute atomic E-state index is 13.7. The van der Waals surface area contributed by atoms with Gasteiger partial charge in [0.2, 0.25) is 0 Å². The van der Waals surface area contributed by atoms with Gasteiger partial charge in [0.15, 0.2) is 11.5 Å². The molecule has 0 radical (unpaired) electrons. The van der Waals surface area contributed by atoms with E-state index < -0.39 is 6.10 Å². The minimum atomic E-state index is -0.588. The first-order chi connectivity index (χ1) is 10.0. The Morgan fingerprint density at radius 2 is 1.95 bits per heavy atom. The lowest BCUT2D eigenvalue weighted by Crippen LogP contribution is -2.01. The smallest absolute Gasteiger partial charge is 0.161 e. The maximum Gasteiger partial charge on any atom is 0.161 e. The molecule has 2 aromatic carbocycles. The van der Waals surface area contributed by atoms with E-state index in [0.717, 1.165) is 10.0 Å². The first kappa shape index (κ1) is 15.8. The summed E-state index contributed by atoms with van der Waals surface area (Å²) in [6.45, 7) is 1.77. The zero-order valence-electron chi connectivity index (χ0n) is 11.8. The topological polar surface area (TPSA) is 38.7 Å². The molecule has 1 atom stereocenters. The molecule has 3 nitrogen and oxygen atoms in total. The van der Waals surface area contributed by atoms with Crippen molar-refractivity contribution in [3.8, 4) is 11.5 Å². The Hall–Kier alpha value is -1.59. The minimum Gasteiger partial charge on any atom is -0.493 e. The highest BCUT2D eigenvalue weighted by atomic mass is 79.9. The zero-order chi connectivity index (χ0) is 15.4. The summed E-state index contributed by atoms with van der Waals surface area (Å²) in [5.74, 6) is 0.683. The van der Waals surface area contributed by atoms with Crippen LogP contribution < -0.4 is 9.47 Å². The molecule has 2 rings (SSSR count). The number of ether oxygens (including phenoxy) is 2. The van der Waals surface area contributed by atoms with Crippen LogP contribution in [0.25, 0.3) is 0 Å². The summed E-state index contributed by atoms with van der Waals surface area (Å²) in [5.41, 5.74) is 1.18. The van der Waals surface area contributed by atoms with E-state index >= 15 is 0 Å². The zero-order valence-corrected chi connectivity index (χ0v) is 13.4. The molecule has 0 aliphatic heterocycles. The quantitative estimate of drug-likeness (QED) is 0.873. The summed E-state index contributed by atoms with van der Waals surface area (Å²) in [4.78, 5) is 0. The Labute approximate surface area is 131 Å². The first-order valence-corrected chi connectivity index (χ1v) is 7.23. The summed E-state index contributed by atoms with van der Waals surface area (Å²) in [7, 11) is 1.52. The highest BCUT2D eigenvalue weighted by molar-refractivity contribution is 9.10. The Morgan fingerprint density at radius 3 is 2.62 bits per heavy atom. The number of methoxy groups -OCH3 is 1. The van der Waals surface area contributed by atoms with Gasteiger partial charge < -0.3 is 14.6 Å². The normalized spacial score (nSPS) is 12.0. The van der Waals surface area contributed by atoms with Crippen LogP contribution in [-0.4, -0.2) is 12.2 Å². The summed E-state index contributed by atoms with van der Waals surface area (Å²) in [6.07, 6.45) is -0.588. The molecule has 0 bridgehead atoms. The second kappa shape index (κ2) is 6.91. The molecule has 5 heteroatoms. The van der Waals surface area contributed by atoms with E-state index in [4.69, 9.17) is 9.47 Å². The van der Waals surface area contributed by atoms with E-state index in [1.807, 2.05) is 0 Å². The van der Waals surface area contributed by atoms with Crippen molar-refractivity contribution in [2.24, 2.45) is 0 Å². The van der Waals surface area contributed by atoms with Crippen LogP contribution >= 0.6 is 15.9 Å². The van der Waals surface area contributed by atoms with Gasteiger partial charge in [0.05, 0.1) is 13.2 Å². The number of benzene rings is 2. The van der Waals surface area contributed by atoms with Gasteiger partial charge in [-0.25, -0.2) is 4.39 Å². The second-order valence-electron chi connectivity index (χ2n) is 4.61. The van der Waals surface area contributed by atoms with E-state index in [9.17, 15) is 9.50 Å². The molecule has 112 valence electrons. The minimum absolute atomic E-state index is 0.0929.